The third-order valence-electron chi connectivity index (χ3n) is 12.6. The van der Waals surface area contributed by atoms with E-state index in [4.69, 9.17) is 22.1 Å². The van der Waals surface area contributed by atoms with Crippen LogP contribution in [0.4, 0.5) is 15.9 Å². The summed E-state index contributed by atoms with van der Waals surface area (Å²) >= 11 is 6.33. The molecule has 0 bridgehead atoms. The Labute approximate surface area is 345 Å². The molecule has 4 fully saturated rings. The fourth-order valence-electron chi connectivity index (χ4n) is 9.19. The van der Waals surface area contributed by atoms with Crippen LogP contribution in [-0.4, -0.2) is 118 Å². The van der Waals surface area contributed by atoms with E-state index < -0.39 is 41.5 Å². The van der Waals surface area contributed by atoms with Crippen LogP contribution in [0.3, 0.4) is 0 Å². The van der Waals surface area contributed by atoms with Crippen LogP contribution in [0.1, 0.15) is 93.7 Å². The zero-order valence-corrected chi connectivity index (χ0v) is 33.5. The number of nitrogens with zero attached hydrogens (tertiary/aromatic N) is 8. The molecule has 8 rings (SSSR count). The first-order valence-electron chi connectivity index (χ1n) is 20.2. The van der Waals surface area contributed by atoms with E-state index in [0.29, 0.717) is 85.5 Å². The second-order valence-electron chi connectivity index (χ2n) is 16.1. The Bertz CT molecular complexity index is 2230. The predicted molar refractivity (Wildman–Crippen MR) is 213 cm³/mol. The molecule has 1 saturated carbocycles. The number of ether oxygens (including phenoxy) is 1. The van der Waals surface area contributed by atoms with E-state index in [1.165, 1.54) is 11.0 Å². The Morgan fingerprint density at radius 3 is 2.22 bits per heavy atom. The number of aromatic nitrogens is 2. The number of nitrogens with two attached hydrogens (primary N) is 1. The van der Waals surface area contributed by atoms with Gasteiger partial charge in [-0.25, -0.2) is 4.39 Å². The van der Waals surface area contributed by atoms with Gasteiger partial charge in [-0.2, -0.15) is 5.26 Å². The number of piperazine rings is 1. The predicted octanol–water partition coefficient (Wildman–Crippen LogP) is 4.09. The molecular weight excluding hydrogens is 781 g/mol. The molecule has 3 saturated heterocycles. The third-order valence-corrected chi connectivity index (χ3v) is 13.0. The van der Waals surface area contributed by atoms with Crippen LogP contribution in [0, 0.1) is 30.0 Å². The summed E-state index contributed by atoms with van der Waals surface area (Å²) in [5.41, 5.74) is 6.66. The molecule has 1 aliphatic carbocycles. The van der Waals surface area contributed by atoms with Crippen LogP contribution >= 0.6 is 11.6 Å². The molecule has 2 aromatic carbocycles. The summed E-state index contributed by atoms with van der Waals surface area (Å²) in [4.78, 5) is 74.8. The zero-order valence-electron chi connectivity index (χ0n) is 32.7. The van der Waals surface area contributed by atoms with Crippen LogP contribution in [0.25, 0.3) is 0 Å². The Morgan fingerprint density at radius 1 is 0.881 bits per heavy atom. The number of primary amides is 1. The number of hydrogen-bond acceptors (Lipinski definition) is 12. The molecule has 59 heavy (non-hydrogen) atoms. The van der Waals surface area contributed by atoms with Gasteiger partial charge in [-0.05, 0) is 94.2 Å². The van der Waals surface area contributed by atoms with Crippen molar-refractivity contribution in [3.63, 3.8) is 0 Å². The lowest BCUT2D eigenvalue weighted by molar-refractivity contribution is -0.155. The summed E-state index contributed by atoms with van der Waals surface area (Å²) in [6.07, 6.45) is 3.81. The van der Waals surface area contributed by atoms with Crippen LogP contribution in [0.2, 0.25) is 5.02 Å². The number of halogens is 2. The van der Waals surface area contributed by atoms with E-state index in [2.05, 4.69) is 26.1 Å². The van der Waals surface area contributed by atoms with E-state index in [-0.39, 0.29) is 47.4 Å². The van der Waals surface area contributed by atoms with Crippen molar-refractivity contribution in [1.29, 1.82) is 5.26 Å². The van der Waals surface area contributed by atoms with Gasteiger partial charge in [0.2, 0.25) is 5.91 Å². The zero-order chi connectivity index (χ0) is 41.5. The number of amides is 5. The number of anilines is 2. The number of carbonyl (C=O) groups is 5. The summed E-state index contributed by atoms with van der Waals surface area (Å²) < 4.78 is 22.0. The van der Waals surface area contributed by atoms with Gasteiger partial charge in [0.1, 0.15) is 23.7 Å². The second-order valence-corrected chi connectivity index (χ2v) is 16.4. The monoisotopic (exact) mass is 825 g/mol. The van der Waals surface area contributed by atoms with Gasteiger partial charge in [0.25, 0.3) is 23.6 Å². The lowest BCUT2D eigenvalue weighted by Gasteiger charge is -2.41. The van der Waals surface area contributed by atoms with Crippen molar-refractivity contribution in [1.82, 2.24) is 24.9 Å². The maximum Gasteiger partial charge on any atom is 0.269 e. The highest BCUT2D eigenvalue weighted by Gasteiger charge is 2.49. The fraction of sp³-hybridized carbons (Fsp3) is 0.476. The molecule has 1 aromatic heterocycles. The van der Waals surface area contributed by atoms with Gasteiger partial charge >= 0.3 is 0 Å². The van der Waals surface area contributed by atoms with E-state index in [1.807, 2.05) is 4.90 Å². The number of benzene rings is 2. The average Bonchev–Trinajstić information content (AvgIpc) is 3.47. The Hall–Kier alpha value is -5.66. The number of piperidine rings is 2. The van der Waals surface area contributed by atoms with Crippen molar-refractivity contribution in [2.24, 2.45) is 11.7 Å². The Balaban J connectivity index is 0.857. The van der Waals surface area contributed by atoms with E-state index in [9.17, 15) is 29.2 Å². The van der Waals surface area contributed by atoms with E-state index in [1.54, 1.807) is 31.2 Å². The third kappa shape index (κ3) is 7.81. The largest absolute Gasteiger partial charge is 0.490 e. The van der Waals surface area contributed by atoms with Crippen molar-refractivity contribution in [2.75, 3.05) is 55.6 Å². The van der Waals surface area contributed by atoms with Gasteiger partial charge in [-0.3, -0.25) is 38.7 Å². The molecule has 5 amide bonds. The number of imide groups is 2. The SMILES string of the molecule is Cc1c(OC2CCC(N3C(=O)CCC(N4C(=O)c5cc(F)c(N6CCN(CC7CCN(c8ccc(C(N)=O)nn8)CC7)CC6)cc5C4=O)C3=O)CC2)ccc(C#N)c1Cl. The molecule has 15 nitrogen and oxygen atoms in total. The highest BCUT2D eigenvalue weighted by Crippen LogP contribution is 2.37. The molecule has 17 heteroatoms. The lowest BCUT2D eigenvalue weighted by atomic mass is 9.89. The molecule has 0 radical (unpaired) electrons. The fourth-order valence-corrected chi connectivity index (χ4v) is 9.39. The molecular formula is C42H45ClFN9O6. The second kappa shape index (κ2) is 16.5. The van der Waals surface area contributed by atoms with Crippen LogP contribution in [0.15, 0.2) is 36.4 Å². The number of likely N-dealkylation sites (tertiary alicyclic amines) is 1. The van der Waals surface area contributed by atoms with Gasteiger partial charge in [-0.15, -0.1) is 10.2 Å². The molecule has 308 valence electrons. The summed E-state index contributed by atoms with van der Waals surface area (Å²) in [6.45, 7) is 6.79. The Morgan fingerprint density at radius 2 is 1.58 bits per heavy atom. The highest BCUT2D eigenvalue weighted by molar-refractivity contribution is 6.32. The van der Waals surface area contributed by atoms with Crippen molar-refractivity contribution in [3.8, 4) is 11.8 Å². The smallest absolute Gasteiger partial charge is 0.269 e. The Kier molecular flexibility index (Phi) is 11.2. The van der Waals surface area contributed by atoms with Crippen LogP contribution in [0.5, 0.6) is 5.75 Å². The quantitative estimate of drug-likeness (QED) is 0.305. The van der Waals surface area contributed by atoms with Gasteiger partial charge < -0.3 is 20.3 Å². The van der Waals surface area contributed by atoms with E-state index >= 15 is 4.39 Å². The van der Waals surface area contributed by atoms with Gasteiger partial charge in [0, 0.05) is 63.8 Å². The van der Waals surface area contributed by atoms with Gasteiger partial charge in [-0.1, -0.05) is 11.6 Å². The van der Waals surface area contributed by atoms with Crippen LogP contribution < -0.4 is 20.3 Å². The van der Waals surface area contributed by atoms with E-state index in [0.717, 1.165) is 43.4 Å². The van der Waals surface area contributed by atoms with Gasteiger partial charge in [0.15, 0.2) is 11.5 Å². The van der Waals surface area contributed by atoms with Gasteiger partial charge in [0.05, 0.1) is 33.5 Å². The number of carbonyl (C=O) groups excluding carboxylic acids is 5. The summed E-state index contributed by atoms with van der Waals surface area (Å²) in [5.74, 6) is -1.79. The molecule has 5 aliphatic rings. The summed E-state index contributed by atoms with van der Waals surface area (Å²) in [7, 11) is 0. The molecule has 0 spiro atoms. The first-order valence-corrected chi connectivity index (χ1v) is 20.6. The lowest BCUT2D eigenvalue weighted by Crippen LogP contribution is -2.59. The molecule has 1 unspecified atom stereocenters. The molecule has 3 aromatic rings. The van der Waals surface area contributed by atoms with Crippen molar-refractivity contribution < 1.29 is 33.1 Å². The minimum atomic E-state index is -1.17. The standard InChI is InChI=1S/C42H45ClFN9O6/c1-24-35(9-2-26(22-45)38(24)43)59-28-5-3-27(4-6-28)52-37(54)11-8-33(42(52)58)53-40(56)29-20-31(44)34(21-30(29)41(53)57)50-18-16-49(17-19-50)23-25-12-14-51(15-13-25)36-10-7-32(39(46)55)47-48-36/h2,7,9-10,20-21,25,27-28,33H,3-6,8,11-19,23H2,1H3,(H2,46,55). The topological polar surface area (TPSA) is 186 Å². The summed E-state index contributed by atoms with van der Waals surface area (Å²) in [6, 6.07) is 9.69. The minimum Gasteiger partial charge on any atom is -0.490 e. The first kappa shape index (κ1) is 40.1. The van der Waals surface area contributed by atoms with Crippen molar-refractivity contribution in [2.45, 2.75) is 76.5 Å². The van der Waals surface area contributed by atoms with Crippen molar-refractivity contribution in [3.05, 3.63) is 75.2 Å². The van der Waals surface area contributed by atoms with Crippen LogP contribution in [-0.2, 0) is 9.59 Å². The molecule has 4 aliphatic heterocycles. The molecule has 5 heterocycles. The number of fused-ring (bicyclic) bond motifs is 1. The first-order chi connectivity index (χ1) is 28.4. The maximum atomic E-state index is 15.8. The normalized spacial score (nSPS) is 23.1. The minimum absolute atomic E-state index is 0.00525. The number of rotatable bonds is 9. The maximum absolute atomic E-state index is 15.8. The average molecular weight is 826 g/mol. The van der Waals surface area contributed by atoms with Crippen molar-refractivity contribution >= 4 is 52.6 Å². The number of nitriles is 1. The summed E-state index contributed by atoms with van der Waals surface area (Å²) in [5, 5.41) is 17.7. The highest BCUT2D eigenvalue weighted by atomic mass is 35.5. The molecule has 1 atom stereocenters. The number of hydrogen-bond donors (Lipinski definition) is 1. The molecule has 2 N–H and O–H groups in total.